The second kappa shape index (κ2) is 9.77. The molecule has 8 heteroatoms. The van der Waals surface area contributed by atoms with Crippen molar-refractivity contribution in [3.63, 3.8) is 0 Å². The van der Waals surface area contributed by atoms with E-state index in [-0.39, 0.29) is 27.2 Å². The van der Waals surface area contributed by atoms with E-state index in [1.54, 1.807) is 11.3 Å². The van der Waals surface area contributed by atoms with Crippen molar-refractivity contribution in [3.05, 3.63) is 62.5 Å². The van der Waals surface area contributed by atoms with Crippen LogP contribution in [0.15, 0.2) is 29.3 Å². The predicted octanol–water partition coefficient (Wildman–Crippen LogP) is 6.80. The highest BCUT2D eigenvalue weighted by molar-refractivity contribution is 7.15. The molecule has 4 rings (SSSR count). The molecular formula is C25H33ClN4O2S. The first-order chi connectivity index (χ1) is 14.5. The standard InChI is InChI=1S/C23H25ClN4O2S.2CH4/c1-12-13(2)31-22-19(12)20(15-7-9-16(24)10-8-15)25-17(11-18(29)30-23(4,5)6)21-27-26-14(3)28(21)22;;/h7-10,17H,11H2,1-6H3;2*1H4/t17-;;/m0../s1. The van der Waals surface area contributed by atoms with E-state index < -0.39 is 11.6 Å². The van der Waals surface area contributed by atoms with E-state index in [2.05, 4.69) is 24.0 Å². The van der Waals surface area contributed by atoms with Crippen molar-refractivity contribution in [2.75, 3.05) is 0 Å². The first kappa shape index (κ1) is 26.7. The lowest BCUT2D eigenvalue weighted by Gasteiger charge is -2.21. The van der Waals surface area contributed by atoms with Crippen LogP contribution in [0.2, 0.25) is 5.02 Å². The molecule has 0 amide bonds. The molecule has 0 bridgehead atoms. The van der Waals surface area contributed by atoms with Gasteiger partial charge in [-0.15, -0.1) is 21.5 Å². The van der Waals surface area contributed by atoms with Gasteiger partial charge in [0.15, 0.2) is 5.82 Å². The molecule has 178 valence electrons. The molecule has 0 aliphatic carbocycles. The van der Waals surface area contributed by atoms with Crippen molar-refractivity contribution in [1.29, 1.82) is 0 Å². The molecule has 1 aliphatic heterocycles. The highest BCUT2D eigenvalue weighted by atomic mass is 35.5. The van der Waals surface area contributed by atoms with Crippen LogP contribution in [0, 0.1) is 20.8 Å². The van der Waals surface area contributed by atoms with Gasteiger partial charge in [-0.25, -0.2) is 0 Å². The Bertz CT molecular complexity index is 1190. The third-order valence-electron chi connectivity index (χ3n) is 5.14. The molecule has 6 nitrogen and oxygen atoms in total. The SMILES string of the molecule is C.C.Cc1sc2c(c1C)C(c1ccc(Cl)cc1)=N[C@@H](CC(=O)OC(C)(C)C)c1nnc(C)n1-2. The maximum atomic E-state index is 12.7. The lowest BCUT2D eigenvalue weighted by molar-refractivity contribution is -0.155. The van der Waals surface area contributed by atoms with Gasteiger partial charge in [-0.3, -0.25) is 14.4 Å². The van der Waals surface area contributed by atoms with Gasteiger partial charge in [0, 0.05) is 21.0 Å². The van der Waals surface area contributed by atoms with E-state index in [4.69, 9.17) is 21.3 Å². The third-order valence-corrected chi connectivity index (χ3v) is 6.58. The summed E-state index contributed by atoms with van der Waals surface area (Å²) in [5.41, 5.74) is 3.40. The van der Waals surface area contributed by atoms with E-state index in [0.717, 1.165) is 33.2 Å². The van der Waals surface area contributed by atoms with E-state index >= 15 is 0 Å². The summed E-state index contributed by atoms with van der Waals surface area (Å²) in [6.45, 7) is 11.7. The predicted molar refractivity (Wildman–Crippen MR) is 137 cm³/mol. The Kier molecular flexibility index (Phi) is 7.92. The molecule has 3 aromatic rings. The van der Waals surface area contributed by atoms with Crippen LogP contribution in [0.5, 0.6) is 0 Å². The number of aliphatic imine (C=N–C) groups is 1. The molecule has 33 heavy (non-hydrogen) atoms. The number of aryl methyl sites for hydroxylation is 2. The van der Waals surface area contributed by atoms with Crippen molar-refractivity contribution >= 4 is 34.6 Å². The Morgan fingerprint density at radius 2 is 1.76 bits per heavy atom. The van der Waals surface area contributed by atoms with Gasteiger partial charge in [0.2, 0.25) is 0 Å². The number of thiophene rings is 1. The normalized spacial score (nSPS) is 14.8. The average molecular weight is 489 g/mol. The summed E-state index contributed by atoms with van der Waals surface area (Å²) in [6, 6.07) is 7.11. The number of carbonyl (C=O) groups is 1. The number of nitrogens with zero attached hydrogens (tertiary/aromatic N) is 4. The Morgan fingerprint density at radius 1 is 1.12 bits per heavy atom. The topological polar surface area (TPSA) is 69.4 Å². The van der Waals surface area contributed by atoms with Crippen molar-refractivity contribution in [3.8, 4) is 5.00 Å². The number of ether oxygens (including phenoxy) is 1. The van der Waals surface area contributed by atoms with Gasteiger partial charge in [0.25, 0.3) is 0 Å². The maximum absolute atomic E-state index is 12.7. The van der Waals surface area contributed by atoms with E-state index in [1.807, 2.05) is 56.5 Å². The molecule has 0 N–H and O–H groups in total. The van der Waals surface area contributed by atoms with Gasteiger partial charge >= 0.3 is 5.97 Å². The zero-order valence-electron chi connectivity index (χ0n) is 18.5. The van der Waals surface area contributed by atoms with E-state index in [0.29, 0.717) is 10.8 Å². The van der Waals surface area contributed by atoms with E-state index in [9.17, 15) is 4.79 Å². The highest BCUT2D eigenvalue weighted by Gasteiger charge is 2.33. The summed E-state index contributed by atoms with van der Waals surface area (Å²) >= 11 is 7.82. The second-order valence-corrected chi connectivity index (χ2v) is 10.3. The van der Waals surface area contributed by atoms with Crippen molar-refractivity contribution in [1.82, 2.24) is 14.8 Å². The van der Waals surface area contributed by atoms with Crippen LogP contribution in [0.25, 0.3) is 5.00 Å². The Morgan fingerprint density at radius 3 is 2.36 bits per heavy atom. The molecule has 0 unspecified atom stereocenters. The average Bonchev–Trinajstić information content (AvgIpc) is 3.14. The molecule has 0 spiro atoms. The van der Waals surface area contributed by atoms with E-state index in [1.165, 1.54) is 4.88 Å². The van der Waals surface area contributed by atoms with Gasteiger partial charge in [-0.05, 0) is 59.2 Å². The number of hydrogen-bond donors (Lipinski definition) is 0. The number of hydrogen-bond acceptors (Lipinski definition) is 6. The first-order valence-corrected chi connectivity index (χ1v) is 11.3. The Balaban J connectivity index is 0.00000193. The lowest BCUT2D eigenvalue weighted by atomic mass is 9.99. The fourth-order valence-corrected chi connectivity index (χ4v) is 5.01. The molecule has 3 heterocycles. The zero-order valence-corrected chi connectivity index (χ0v) is 20.1. The van der Waals surface area contributed by atoms with Gasteiger partial charge in [0.05, 0.1) is 12.1 Å². The zero-order chi connectivity index (χ0) is 22.5. The maximum Gasteiger partial charge on any atom is 0.308 e. The van der Waals surface area contributed by atoms with Crippen LogP contribution in [0.4, 0.5) is 0 Å². The van der Waals surface area contributed by atoms with Crippen LogP contribution in [-0.4, -0.2) is 32.0 Å². The number of halogens is 1. The van der Waals surface area contributed by atoms with Crippen molar-refractivity contribution in [2.24, 2.45) is 4.99 Å². The number of fused-ring (bicyclic) bond motifs is 3. The molecule has 0 radical (unpaired) electrons. The first-order valence-electron chi connectivity index (χ1n) is 10.1. The fraction of sp³-hybridized carbons (Fsp3) is 0.440. The van der Waals surface area contributed by atoms with Crippen LogP contribution < -0.4 is 0 Å². The summed E-state index contributed by atoms with van der Waals surface area (Å²) in [5.74, 6) is 1.09. The number of rotatable bonds is 3. The number of benzene rings is 1. The van der Waals surface area contributed by atoms with Gasteiger partial charge in [-0.2, -0.15) is 0 Å². The van der Waals surface area contributed by atoms with Crippen LogP contribution in [0.3, 0.4) is 0 Å². The van der Waals surface area contributed by atoms with Gasteiger partial charge in [-0.1, -0.05) is 38.6 Å². The minimum atomic E-state index is -0.569. The fourth-order valence-electron chi connectivity index (χ4n) is 3.67. The smallest absolute Gasteiger partial charge is 0.308 e. The molecular weight excluding hydrogens is 456 g/mol. The lowest BCUT2D eigenvalue weighted by Crippen LogP contribution is -2.25. The quantitative estimate of drug-likeness (QED) is 0.380. The van der Waals surface area contributed by atoms with Gasteiger partial charge < -0.3 is 4.74 Å². The number of esters is 1. The third kappa shape index (κ3) is 5.20. The monoisotopic (exact) mass is 488 g/mol. The molecule has 0 saturated carbocycles. The van der Waals surface area contributed by atoms with Crippen LogP contribution in [-0.2, 0) is 9.53 Å². The summed E-state index contributed by atoms with van der Waals surface area (Å²) in [4.78, 5) is 19.0. The molecule has 2 aromatic heterocycles. The Hall–Kier alpha value is -2.51. The van der Waals surface area contributed by atoms with Crippen molar-refractivity contribution in [2.45, 2.75) is 74.5 Å². The van der Waals surface area contributed by atoms with Gasteiger partial charge in [0.1, 0.15) is 22.5 Å². The summed E-state index contributed by atoms with van der Waals surface area (Å²) in [7, 11) is 0. The van der Waals surface area contributed by atoms with Crippen LogP contribution >= 0.6 is 22.9 Å². The molecule has 0 saturated heterocycles. The van der Waals surface area contributed by atoms with Crippen LogP contribution in [0.1, 0.15) is 81.3 Å². The minimum absolute atomic E-state index is 0. The molecule has 1 aliphatic rings. The molecule has 0 fully saturated rings. The number of carbonyl (C=O) groups excluding carboxylic acids is 1. The Labute approximate surface area is 205 Å². The van der Waals surface area contributed by atoms with Crippen molar-refractivity contribution < 1.29 is 9.53 Å². The minimum Gasteiger partial charge on any atom is -0.460 e. The summed E-state index contributed by atoms with van der Waals surface area (Å²) in [6.07, 6.45) is 0.0828. The molecule has 1 atom stereocenters. The largest absolute Gasteiger partial charge is 0.460 e. The summed E-state index contributed by atoms with van der Waals surface area (Å²) < 4.78 is 7.61. The highest BCUT2D eigenvalue weighted by Crippen LogP contribution is 2.39. The second-order valence-electron chi connectivity index (χ2n) is 8.70. The summed E-state index contributed by atoms with van der Waals surface area (Å²) in [5, 5.41) is 10.4. The number of aromatic nitrogens is 3. The molecule has 1 aromatic carbocycles.